The average molecular weight is 414 g/mol. The number of anilines is 1. The number of aryl methyl sites for hydroxylation is 1. The summed E-state index contributed by atoms with van der Waals surface area (Å²) in [7, 11) is 1.38. The van der Waals surface area contributed by atoms with Crippen LogP contribution in [0.25, 0.3) is 0 Å². The number of nitrogens with zero attached hydrogens (tertiary/aromatic N) is 1. The van der Waals surface area contributed by atoms with E-state index in [2.05, 4.69) is 42.2 Å². The number of pyridine rings is 1. The van der Waals surface area contributed by atoms with Crippen LogP contribution in [0.4, 0.5) is 5.69 Å². The molecule has 21 heavy (non-hydrogen) atoms. The molecule has 0 bridgehead atoms. The maximum atomic E-state index is 11.5. The Kier molecular flexibility index (Phi) is 5.36. The van der Waals surface area contributed by atoms with E-state index in [1.54, 1.807) is 18.3 Å². The zero-order valence-electron chi connectivity index (χ0n) is 11.6. The number of hydrogen-bond acceptors (Lipinski definition) is 4. The molecular formula is C15H14Br2N2O2. The molecule has 0 saturated heterocycles. The lowest BCUT2D eigenvalue weighted by molar-refractivity contribution is 0.0600. The second kappa shape index (κ2) is 7.04. The number of hydrogen-bond donors (Lipinski definition) is 1. The summed E-state index contributed by atoms with van der Waals surface area (Å²) in [6.07, 6.45) is 1.76. The van der Waals surface area contributed by atoms with Crippen molar-refractivity contribution in [3.8, 4) is 0 Å². The lowest BCUT2D eigenvalue weighted by atomic mass is 10.1. The van der Waals surface area contributed by atoms with E-state index in [0.717, 1.165) is 25.9 Å². The fourth-order valence-corrected chi connectivity index (χ4v) is 2.99. The van der Waals surface area contributed by atoms with Crippen LogP contribution < -0.4 is 5.32 Å². The van der Waals surface area contributed by atoms with Crippen molar-refractivity contribution in [2.45, 2.75) is 13.5 Å². The number of benzene rings is 1. The second-order valence-electron chi connectivity index (χ2n) is 4.46. The van der Waals surface area contributed by atoms with Crippen LogP contribution in [0.5, 0.6) is 0 Å². The van der Waals surface area contributed by atoms with Crippen molar-refractivity contribution in [2.75, 3.05) is 12.4 Å². The molecule has 0 fully saturated rings. The molecule has 0 amide bonds. The normalized spacial score (nSPS) is 10.3. The van der Waals surface area contributed by atoms with E-state index in [-0.39, 0.29) is 5.97 Å². The van der Waals surface area contributed by atoms with Crippen LogP contribution in [0.2, 0.25) is 0 Å². The van der Waals surface area contributed by atoms with Gasteiger partial charge >= 0.3 is 5.97 Å². The van der Waals surface area contributed by atoms with E-state index in [0.29, 0.717) is 12.1 Å². The summed E-state index contributed by atoms with van der Waals surface area (Å²) in [6.45, 7) is 2.53. The largest absolute Gasteiger partial charge is 0.465 e. The van der Waals surface area contributed by atoms with Gasteiger partial charge in [0.05, 0.1) is 24.9 Å². The molecule has 0 spiro atoms. The van der Waals surface area contributed by atoms with Crippen LogP contribution in [0.15, 0.2) is 39.4 Å². The maximum Gasteiger partial charge on any atom is 0.337 e. The first-order valence-corrected chi connectivity index (χ1v) is 7.82. The Bertz CT molecular complexity index is 675. The Balaban J connectivity index is 2.11. The quantitative estimate of drug-likeness (QED) is 0.758. The number of aromatic nitrogens is 1. The van der Waals surface area contributed by atoms with E-state index >= 15 is 0 Å². The van der Waals surface area contributed by atoms with E-state index in [1.165, 1.54) is 7.11 Å². The van der Waals surface area contributed by atoms with E-state index < -0.39 is 0 Å². The third kappa shape index (κ3) is 4.04. The molecule has 6 heteroatoms. The maximum absolute atomic E-state index is 11.5. The predicted molar refractivity (Wildman–Crippen MR) is 89.5 cm³/mol. The Morgan fingerprint density at radius 2 is 2.10 bits per heavy atom. The molecule has 0 atom stereocenters. The van der Waals surface area contributed by atoms with Crippen molar-refractivity contribution in [2.24, 2.45) is 0 Å². The van der Waals surface area contributed by atoms with Crippen molar-refractivity contribution in [1.29, 1.82) is 0 Å². The topological polar surface area (TPSA) is 51.2 Å². The zero-order valence-corrected chi connectivity index (χ0v) is 14.8. The highest BCUT2D eigenvalue weighted by Crippen LogP contribution is 2.22. The van der Waals surface area contributed by atoms with E-state index in [4.69, 9.17) is 4.74 Å². The van der Waals surface area contributed by atoms with Gasteiger partial charge in [-0.1, -0.05) is 0 Å². The summed E-state index contributed by atoms with van der Waals surface area (Å²) in [5.41, 5.74) is 3.39. The molecule has 0 aliphatic heterocycles. The second-order valence-corrected chi connectivity index (χ2v) is 6.23. The number of ether oxygens (including phenoxy) is 1. The van der Waals surface area contributed by atoms with Gasteiger partial charge in [0.25, 0.3) is 0 Å². The molecule has 2 rings (SSSR count). The van der Waals surface area contributed by atoms with Crippen LogP contribution in [0, 0.1) is 6.92 Å². The molecule has 110 valence electrons. The molecule has 0 aliphatic rings. The third-order valence-electron chi connectivity index (χ3n) is 2.98. The van der Waals surface area contributed by atoms with Crippen LogP contribution in [0.3, 0.4) is 0 Å². The third-order valence-corrected chi connectivity index (χ3v) is 4.10. The monoisotopic (exact) mass is 412 g/mol. The van der Waals surface area contributed by atoms with E-state index in [9.17, 15) is 4.79 Å². The highest BCUT2D eigenvalue weighted by Gasteiger charge is 2.08. The molecule has 0 saturated carbocycles. The standard InChI is InChI=1S/C15H14Br2N2O2/c1-9-5-10(15(20)21-2)3-4-13(9)19-8-14-12(17)6-11(16)7-18-14/h3-7,19H,8H2,1-2H3. The van der Waals surface area contributed by atoms with E-state index in [1.807, 2.05) is 19.1 Å². The molecule has 0 unspecified atom stereocenters. The van der Waals surface area contributed by atoms with Crippen molar-refractivity contribution in [3.05, 3.63) is 56.2 Å². The molecule has 1 N–H and O–H groups in total. The first-order valence-electron chi connectivity index (χ1n) is 6.24. The number of methoxy groups -OCH3 is 1. The number of nitrogens with one attached hydrogen (secondary N) is 1. The summed E-state index contributed by atoms with van der Waals surface area (Å²) in [5.74, 6) is -0.332. The minimum atomic E-state index is -0.332. The number of esters is 1. The zero-order chi connectivity index (χ0) is 15.4. The predicted octanol–water partition coefficient (Wildman–Crippen LogP) is 4.31. The summed E-state index contributed by atoms with van der Waals surface area (Å²) in [6, 6.07) is 7.37. The summed E-state index contributed by atoms with van der Waals surface area (Å²) >= 11 is 6.86. The Labute approximate surface area is 140 Å². The van der Waals surface area contributed by atoms with Gasteiger partial charge in [-0.25, -0.2) is 4.79 Å². The van der Waals surface area contributed by atoms with Gasteiger partial charge in [-0.3, -0.25) is 4.98 Å². The molecular weight excluding hydrogens is 400 g/mol. The SMILES string of the molecule is COC(=O)c1ccc(NCc2ncc(Br)cc2Br)c(C)c1. The van der Waals surface area contributed by atoms with Crippen molar-refractivity contribution >= 4 is 43.5 Å². The summed E-state index contributed by atoms with van der Waals surface area (Å²) in [4.78, 5) is 15.8. The first-order chi connectivity index (χ1) is 10.0. The Hall–Kier alpha value is -1.40. The smallest absolute Gasteiger partial charge is 0.337 e. The van der Waals surface area contributed by atoms with Gasteiger partial charge in [-0.05, 0) is 68.6 Å². The van der Waals surface area contributed by atoms with Gasteiger partial charge in [0, 0.05) is 20.8 Å². The lowest BCUT2D eigenvalue weighted by Gasteiger charge is -2.11. The lowest BCUT2D eigenvalue weighted by Crippen LogP contribution is -2.06. The van der Waals surface area contributed by atoms with Gasteiger partial charge in [-0.15, -0.1) is 0 Å². The fourth-order valence-electron chi connectivity index (χ4n) is 1.86. The van der Waals surface area contributed by atoms with Crippen molar-refractivity contribution < 1.29 is 9.53 Å². The van der Waals surface area contributed by atoms with Crippen LogP contribution in [-0.4, -0.2) is 18.1 Å². The van der Waals surface area contributed by atoms with Gasteiger partial charge in [0.1, 0.15) is 0 Å². The molecule has 0 radical (unpaired) electrons. The minimum absolute atomic E-state index is 0.332. The van der Waals surface area contributed by atoms with Crippen LogP contribution in [-0.2, 0) is 11.3 Å². The minimum Gasteiger partial charge on any atom is -0.465 e. The number of rotatable bonds is 4. The number of carbonyl (C=O) groups is 1. The molecule has 0 aliphatic carbocycles. The van der Waals surface area contributed by atoms with Crippen molar-refractivity contribution in [1.82, 2.24) is 4.98 Å². The van der Waals surface area contributed by atoms with Gasteiger partial charge in [-0.2, -0.15) is 0 Å². The molecule has 1 heterocycles. The van der Waals surface area contributed by atoms with Gasteiger partial charge in [0.2, 0.25) is 0 Å². The molecule has 4 nitrogen and oxygen atoms in total. The van der Waals surface area contributed by atoms with Gasteiger partial charge in [0.15, 0.2) is 0 Å². The van der Waals surface area contributed by atoms with Crippen molar-refractivity contribution in [3.63, 3.8) is 0 Å². The fraction of sp³-hybridized carbons (Fsp3) is 0.200. The molecule has 1 aromatic carbocycles. The molecule has 1 aromatic heterocycles. The first kappa shape index (κ1) is 16.0. The highest BCUT2D eigenvalue weighted by molar-refractivity contribution is 9.11. The van der Waals surface area contributed by atoms with Crippen LogP contribution in [0.1, 0.15) is 21.6 Å². The number of carbonyl (C=O) groups excluding carboxylic acids is 1. The van der Waals surface area contributed by atoms with Gasteiger partial charge < -0.3 is 10.1 Å². The summed E-state index contributed by atoms with van der Waals surface area (Å²) in [5, 5.41) is 3.31. The molecule has 2 aromatic rings. The number of halogens is 2. The highest BCUT2D eigenvalue weighted by atomic mass is 79.9. The average Bonchev–Trinajstić information content (AvgIpc) is 2.46. The van der Waals surface area contributed by atoms with Crippen LogP contribution >= 0.6 is 31.9 Å². The Morgan fingerprint density at radius 1 is 1.33 bits per heavy atom. The summed E-state index contributed by atoms with van der Waals surface area (Å²) < 4.78 is 6.57. The Morgan fingerprint density at radius 3 is 2.71 bits per heavy atom.